The Labute approximate surface area is 129 Å². The molecule has 21 heavy (non-hydrogen) atoms. The molecule has 0 aliphatic carbocycles. The van der Waals surface area contributed by atoms with E-state index in [1.807, 2.05) is 25.3 Å². The molecular weight excluding hydrogens is 284 g/mol. The molecule has 0 aliphatic heterocycles. The number of carbonyl (C=O) groups is 1. The molecule has 3 N–H and O–H groups in total. The van der Waals surface area contributed by atoms with E-state index in [4.69, 9.17) is 5.73 Å². The van der Waals surface area contributed by atoms with Crippen LogP contribution in [0.25, 0.3) is 0 Å². The Morgan fingerprint density at radius 3 is 2.67 bits per heavy atom. The summed E-state index contributed by atoms with van der Waals surface area (Å²) in [5, 5.41) is 9.42. The highest BCUT2D eigenvalue weighted by molar-refractivity contribution is 7.10. The van der Waals surface area contributed by atoms with E-state index >= 15 is 0 Å². The van der Waals surface area contributed by atoms with E-state index in [0.29, 0.717) is 11.6 Å². The lowest BCUT2D eigenvalue weighted by Gasteiger charge is -2.21. The number of hydrogen-bond acceptors (Lipinski definition) is 4. The molecule has 2 heterocycles. The number of amides is 1. The van der Waals surface area contributed by atoms with Crippen molar-refractivity contribution >= 4 is 22.9 Å². The number of nitrogens with one attached hydrogen (secondary N) is 1. The monoisotopic (exact) mass is 306 g/mol. The smallest absolute Gasteiger partial charge is 0.242 e. The molecule has 2 aromatic heterocycles. The van der Waals surface area contributed by atoms with Crippen molar-refractivity contribution in [2.24, 2.45) is 5.92 Å². The maximum absolute atomic E-state index is 12.3. The average Bonchev–Trinajstić information content (AvgIpc) is 3.02. The van der Waals surface area contributed by atoms with Crippen LogP contribution in [0, 0.1) is 19.8 Å². The Kier molecular flexibility index (Phi) is 4.67. The van der Waals surface area contributed by atoms with Gasteiger partial charge in [-0.25, -0.2) is 0 Å². The predicted octanol–water partition coefficient (Wildman–Crippen LogP) is 2.66. The number of aryl methyl sites for hydroxylation is 1. The highest BCUT2D eigenvalue weighted by atomic mass is 32.1. The molecule has 2 rings (SSSR count). The van der Waals surface area contributed by atoms with E-state index < -0.39 is 0 Å². The third kappa shape index (κ3) is 3.44. The minimum atomic E-state index is -0.0484. The van der Waals surface area contributed by atoms with E-state index in [1.165, 1.54) is 4.88 Å². The molecule has 0 fully saturated rings. The van der Waals surface area contributed by atoms with Crippen LogP contribution in [0.4, 0.5) is 5.69 Å². The van der Waals surface area contributed by atoms with Crippen molar-refractivity contribution in [3.8, 4) is 0 Å². The van der Waals surface area contributed by atoms with Gasteiger partial charge in [0.2, 0.25) is 5.91 Å². The minimum Gasteiger partial charge on any atom is -0.396 e. The van der Waals surface area contributed by atoms with Gasteiger partial charge in [-0.2, -0.15) is 5.10 Å². The summed E-state index contributed by atoms with van der Waals surface area (Å²) in [6.07, 6.45) is 0. The molecule has 0 radical (unpaired) electrons. The van der Waals surface area contributed by atoms with Crippen molar-refractivity contribution in [1.29, 1.82) is 0 Å². The molecule has 0 saturated carbocycles. The van der Waals surface area contributed by atoms with E-state index in [2.05, 4.69) is 30.3 Å². The number of nitrogen functional groups attached to an aromatic ring is 1. The number of anilines is 1. The second kappa shape index (κ2) is 6.30. The number of nitrogens with zero attached hydrogens (tertiary/aromatic N) is 2. The van der Waals surface area contributed by atoms with Crippen LogP contribution < -0.4 is 11.1 Å². The fourth-order valence-electron chi connectivity index (χ4n) is 2.25. The molecule has 0 spiro atoms. The van der Waals surface area contributed by atoms with Gasteiger partial charge < -0.3 is 11.1 Å². The molecule has 6 heteroatoms. The summed E-state index contributed by atoms with van der Waals surface area (Å²) in [7, 11) is 0. The van der Waals surface area contributed by atoms with Crippen molar-refractivity contribution in [1.82, 2.24) is 15.1 Å². The lowest BCUT2D eigenvalue weighted by Crippen LogP contribution is -2.34. The first-order valence-electron chi connectivity index (χ1n) is 7.02. The summed E-state index contributed by atoms with van der Waals surface area (Å²) in [5.74, 6) is 0.283. The van der Waals surface area contributed by atoms with Crippen LogP contribution in [0.1, 0.15) is 36.2 Å². The van der Waals surface area contributed by atoms with Crippen LogP contribution in [-0.2, 0) is 11.3 Å². The second-order valence-corrected chi connectivity index (χ2v) is 6.53. The zero-order chi connectivity index (χ0) is 15.6. The van der Waals surface area contributed by atoms with Gasteiger partial charge in [0.15, 0.2) is 0 Å². The van der Waals surface area contributed by atoms with Gasteiger partial charge in [0.05, 0.1) is 23.1 Å². The molecule has 2 aromatic rings. The third-order valence-corrected chi connectivity index (χ3v) is 4.52. The lowest BCUT2D eigenvalue weighted by molar-refractivity contribution is -0.122. The van der Waals surface area contributed by atoms with Gasteiger partial charge in [-0.1, -0.05) is 19.9 Å². The van der Waals surface area contributed by atoms with Crippen LogP contribution in [0.2, 0.25) is 0 Å². The zero-order valence-corrected chi connectivity index (χ0v) is 13.7. The summed E-state index contributed by atoms with van der Waals surface area (Å²) in [6.45, 7) is 8.12. The maximum atomic E-state index is 12.3. The van der Waals surface area contributed by atoms with Crippen LogP contribution in [0.5, 0.6) is 0 Å². The molecular formula is C15H22N4OS. The van der Waals surface area contributed by atoms with Crippen LogP contribution in [0.15, 0.2) is 17.5 Å². The fourth-order valence-corrected chi connectivity index (χ4v) is 3.20. The number of hydrogen-bond donors (Lipinski definition) is 2. The maximum Gasteiger partial charge on any atom is 0.242 e. The van der Waals surface area contributed by atoms with Gasteiger partial charge in [-0.05, 0) is 31.2 Å². The van der Waals surface area contributed by atoms with Gasteiger partial charge in [0.1, 0.15) is 6.54 Å². The predicted molar refractivity (Wildman–Crippen MR) is 86.2 cm³/mol. The minimum absolute atomic E-state index is 0.0341. The summed E-state index contributed by atoms with van der Waals surface area (Å²) in [4.78, 5) is 13.5. The molecule has 0 saturated heterocycles. The quantitative estimate of drug-likeness (QED) is 0.892. The van der Waals surface area contributed by atoms with Gasteiger partial charge in [-0.15, -0.1) is 11.3 Å². The number of carbonyl (C=O) groups excluding carboxylic acids is 1. The van der Waals surface area contributed by atoms with Crippen LogP contribution in [0.3, 0.4) is 0 Å². The van der Waals surface area contributed by atoms with Gasteiger partial charge in [0.25, 0.3) is 0 Å². The Morgan fingerprint density at radius 1 is 1.48 bits per heavy atom. The third-order valence-electron chi connectivity index (χ3n) is 3.56. The normalized spacial score (nSPS) is 12.6. The van der Waals surface area contributed by atoms with E-state index in [-0.39, 0.29) is 18.5 Å². The van der Waals surface area contributed by atoms with Crippen molar-refractivity contribution in [3.63, 3.8) is 0 Å². The van der Waals surface area contributed by atoms with E-state index in [9.17, 15) is 4.79 Å². The second-order valence-electron chi connectivity index (χ2n) is 5.55. The van der Waals surface area contributed by atoms with Gasteiger partial charge >= 0.3 is 0 Å². The largest absolute Gasteiger partial charge is 0.396 e. The molecule has 1 atom stereocenters. The molecule has 5 nitrogen and oxygen atoms in total. The topological polar surface area (TPSA) is 72.9 Å². The highest BCUT2D eigenvalue weighted by Crippen LogP contribution is 2.25. The molecule has 1 unspecified atom stereocenters. The Hall–Kier alpha value is -1.82. The van der Waals surface area contributed by atoms with E-state index in [1.54, 1.807) is 16.0 Å². The number of aromatic nitrogens is 2. The highest BCUT2D eigenvalue weighted by Gasteiger charge is 2.20. The zero-order valence-electron chi connectivity index (χ0n) is 12.9. The summed E-state index contributed by atoms with van der Waals surface area (Å²) >= 11 is 1.66. The van der Waals surface area contributed by atoms with Crippen molar-refractivity contribution in [2.75, 3.05) is 5.73 Å². The number of thiophene rings is 1. The first kappa shape index (κ1) is 15.6. The first-order valence-corrected chi connectivity index (χ1v) is 7.90. The average molecular weight is 306 g/mol. The van der Waals surface area contributed by atoms with E-state index in [0.717, 1.165) is 11.4 Å². The fraction of sp³-hybridized carbons (Fsp3) is 0.467. The molecule has 114 valence electrons. The van der Waals surface area contributed by atoms with Crippen molar-refractivity contribution in [2.45, 2.75) is 40.3 Å². The Bertz CT molecular complexity index is 616. The summed E-state index contributed by atoms with van der Waals surface area (Å²) in [6, 6.07) is 4.09. The van der Waals surface area contributed by atoms with Gasteiger partial charge in [-0.3, -0.25) is 9.48 Å². The standard InChI is InChI=1S/C15H22N4OS/c1-9(2)15(12-6-5-7-21-12)17-13(20)8-19-11(4)14(16)10(3)18-19/h5-7,9,15H,8,16H2,1-4H3,(H,17,20). The number of nitrogens with two attached hydrogens (primary N) is 1. The Morgan fingerprint density at radius 2 is 2.19 bits per heavy atom. The SMILES string of the molecule is Cc1nn(CC(=O)NC(c2cccs2)C(C)C)c(C)c1N. The number of rotatable bonds is 5. The molecule has 1 amide bonds. The van der Waals surface area contributed by atoms with Crippen LogP contribution >= 0.6 is 11.3 Å². The Balaban J connectivity index is 2.08. The molecule has 0 aromatic carbocycles. The van der Waals surface area contributed by atoms with Crippen molar-refractivity contribution < 1.29 is 4.79 Å². The summed E-state index contributed by atoms with van der Waals surface area (Å²) < 4.78 is 1.66. The van der Waals surface area contributed by atoms with Gasteiger partial charge in [0, 0.05) is 4.88 Å². The molecule has 0 bridgehead atoms. The first-order chi connectivity index (χ1) is 9.90. The molecule has 0 aliphatic rings. The van der Waals surface area contributed by atoms with Crippen molar-refractivity contribution in [3.05, 3.63) is 33.8 Å². The summed E-state index contributed by atoms with van der Waals surface area (Å²) in [5.41, 5.74) is 8.14. The lowest BCUT2D eigenvalue weighted by atomic mass is 10.0. The van der Waals surface area contributed by atoms with Crippen LogP contribution in [-0.4, -0.2) is 15.7 Å².